The van der Waals surface area contributed by atoms with E-state index in [1.165, 1.54) is 4.57 Å². The molecule has 8 nitrogen and oxygen atoms in total. The zero-order valence-corrected chi connectivity index (χ0v) is 12.3. The van der Waals surface area contributed by atoms with Crippen molar-refractivity contribution in [2.75, 3.05) is 12.3 Å². The van der Waals surface area contributed by atoms with Crippen molar-refractivity contribution in [3.63, 3.8) is 0 Å². The molecule has 0 unspecified atom stereocenters. The van der Waals surface area contributed by atoms with E-state index < -0.39 is 5.69 Å². The van der Waals surface area contributed by atoms with Crippen LogP contribution in [0.3, 0.4) is 0 Å². The van der Waals surface area contributed by atoms with Gasteiger partial charge in [0, 0.05) is 23.2 Å². The van der Waals surface area contributed by atoms with Crippen molar-refractivity contribution < 1.29 is 4.74 Å². The van der Waals surface area contributed by atoms with Crippen LogP contribution in [0.5, 0.6) is 0 Å². The van der Waals surface area contributed by atoms with Crippen molar-refractivity contribution >= 4 is 5.82 Å². The lowest BCUT2D eigenvalue weighted by Crippen LogP contribution is -2.29. The Morgan fingerprint density at radius 2 is 2.43 bits per heavy atom. The number of nitrogens with zero attached hydrogens (tertiary/aromatic N) is 5. The maximum Gasteiger partial charge on any atom is 0.351 e. The Bertz CT molecular complexity index is 607. The van der Waals surface area contributed by atoms with Crippen molar-refractivity contribution in [3.8, 4) is 0 Å². The highest BCUT2D eigenvalue weighted by Gasteiger charge is 2.32. The summed E-state index contributed by atoms with van der Waals surface area (Å²) in [5, 5.41) is 3.47. The standard InChI is InChI=1S/C13H20N6O2/c1-3-10-8(2)6-11(21-10)19-7-9(4-5-16-18-15)12(14)17-13(19)20/h7-8,10-11H,3-6H2,1-2H3,(H2,14,17,20)/t8-,10+,11+/m0/s1. The van der Waals surface area contributed by atoms with E-state index >= 15 is 0 Å². The first-order chi connectivity index (χ1) is 10.1. The van der Waals surface area contributed by atoms with Gasteiger partial charge in [-0.25, -0.2) is 4.79 Å². The summed E-state index contributed by atoms with van der Waals surface area (Å²) in [7, 11) is 0. The van der Waals surface area contributed by atoms with Crippen molar-refractivity contribution in [1.29, 1.82) is 0 Å². The van der Waals surface area contributed by atoms with Crippen molar-refractivity contribution in [3.05, 3.63) is 32.7 Å². The molecule has 2 heterocycles. The molecule has 1 aromatic rings. The van der Waals surface area contributed by atoms with Gasteiger partial charge in [-0.05, 0) is 30.7 Å². The van der Waals surface area contributed by atoms with Gasteiger partial charge in [-0.3, -0.25) is 4.57 Å². The first-order valence-electron chi connectivity index (χ1n) is 7.10. The molecule has 0 bridgehead atoms. The zero-order chi connectivity index (χ0) is 15.4. The molecule has 0 aromatic carbocycles. The summed E-state index contributed by atoms with van der Waals surface area (Å²) in [5.74, 6) is 0.582. The van der Waals surface area contributed by atoms with Crippen molar-refractivity contribution in [2.24, 2.45) is 11.0 Å². The molecular formula is C13H20N6O2. The lowest BCUT2D eigenvalue weighted by Gasteiger charge is -2.16. The predicted molar refractivity (Wildman–Crippen MR) is 78.6 cm³/mol. The Balaban J connectivity index is 2.25. The summed E-state index contributed by atoms with van der Waals surface area (Å²) in [4.78, 5) is 18.6. The van der Waals surface area contributed by atoms with Crippen LogP contribution in [0.2, 0.25) is 0 Å². The van der Waals surface area contributed by atoms with Crippen LogP contribution in [-0.2, 0) is 11.2 Å². The Morgan fingerprint density at radius 1 is 1.67 bits per heavy atom. The first-order valence-corrected chi connectivity index (χ1v) is 7.10. The number of nitrogens with two attached hydrogens (primary N) is 1. The second-order valence-electron chi connectivity index (χ2n) is 5.30. The third-order valence-corrected chi connectivity index (χ3v) is 3.86. The maximum absolute atomic E-state index is 12.0. The molecule has 1 aliphatic heterocycles. The third kappa shape index (κ3) is 3.34. The maximum atomic E-state index is 12.0. The quantitative estimate of drug-likeness (QED) is 0.507. The number of aromatic nitrogens is 2. The molecule has 1 fully saturated rings. The van der Waals surface area contributed by atoms with E-state index in [-0.39, 0.29) is 24.7 Å². The summed E-state index contributed by atoms with van der Waals surface area (Å²) >= 11 is 0. The normalized spacial score (nSPS) is 24.8. The minimum absolute atomic E-state index is 0.158. The van der Waals surface area contributed by atoms with Gasteiger partial charge in [0.1, 0.15) is 12.0 Å². The number of nitrogen functional groups attached to an aromatic ring is 1. The number of rotatable bonds is 5. The molecule has 1 saturated heterocycles. The molecule has 114 valence electrons. The lowest BCUT2D eigenvalue weighted by molar-refractivity contribution is -0.00759. The monoisotopic (exact) mass is 292 g/mol. The summed E-state index contributed by atoms with van der Waals surface area (Å²) in [6.07, 6.45) is 3.67. The van der Waals surface area contributed by atoms with Gasteiger partial charge < -0.3 is 10.5 Å². The van der Waals surface area contributed by atoms with Crippen LogP contribution in [0.25, 0.3) is 10.4 Å². The Morgan fingerprint density at radius 3 is 3.05 bits per heavy atom. The van der Waals surface area contributed by atoms with E-state index in [4.69, 9.17) is 16.0 Å². The van der Waals surface area contributed by atoms with Crippen LogP contribution in [-0.4, -0.2) is 22.2 Å². The lowest BCUT2D eigenvalue weighted by atomic mass is 10.0. The molecule has 21 heavy (non-hydrogen) atoms. The molecule has 3 atom stereocenters. The molecule has 0 spiro atoms. The number of hydrogen-bond acceptors (Lipinski definition) is 5. The fourth-order valence-electron chi connectivity index (χ4n) is 2.67. The zero-order valence-electron chi connectivity index (χ0n) is 12.3. The van der Waals surface area contributed by atoms with E-state index in [0.29, 0.717) is 17.9 Å². The number of ether oxygens (including phenoxy) is 1. The average molecular weight is 292 g/mol. The van der Waals surface area contributed by atoms with Gasteiger partial charge in [0.25, 0.3) is 0 Å². The molecule has 1 aliphatic rings. The molecule has 0 amide bonds. The number of azide groups is 1. The highest BCUT2D eigenvalue weighted by Crippen LogP contribution is 2.33. The van der Waals surface area contributed by atoms with Crippen molar-refractivity contribution in [2.45, 2.75) is 45.4 Å². The topological polar surface area (TPSA) is 119 Å². The van der Waals surface area contributed by atoms with Gasteiger partial charge >= 0.3 is 5.69 Å². The smallest absolute Gasteiger partial charge is 0.351 e. The fourth-order valence-corrected chi connectivity index (χ4v) is 2.67. The second-order valence-corrected chi connectivity index (χ2v) is 5.30. The Hall–Kier alpha value is -2.05. The van der Waals surface area contributed by atoms with Gasteiger partial charge in [-0.1, -0.05) is 19.0 Å². The summed E-state index contributed by atoms with van der Waals surface area (Å²) in [5.41, 5.74) is 14.3. The van der Waals surface area contributed by atoms with E-state index in [9.17, 15) is 4.79 Å². The molecule has 1 aromatic heterocycles. The fraction of sp³-hybridized carbons (Fsp3) is 0.692. The number of hydrogen-bond donors (Lipinski definition) is 1. The molecule has 2 rings (SSSR count). The van der Waals surface area contributed by atoms with Gasteiger partial charge in [0.05, 0.1) is 6.10 Å². The highest BCUT2D eigenvalue weighted by atomic mass is 16.5. The molecule has 2 N–H and O–H groups in total. The van der Waals surface area contributed by atoms with Crippen LogP contribution >= 0.6 is 0 Å². The van der Waals surface area contributed by atoms with Gasteiger partial charge in [-0.15, -0.1) is 0 Å². The van der Waals surface area contributed by atoms with Crippen LogP contribution in [0.1, 0.15) is 38.5 Å². The van der Waals surface area contributed by atoms with E-state index in [2.05, 4.69) is 28.9 Å². The van der Waals surface area contributed by atoms with E-state index in [1.807, 2.05) is 0 Å². The highest BCUT2D eigenvalue weighted by molar-refractivity contribution is 5.37. The third-order valence-electron chi connectivity index (χ3n) is 3.86. The van der Waals surface area contributed by atoms with Crippen LogP contribution in [0.15, 0.2) is 16.1 Å². The van der Waals surface area contributed by atoms with Crippen molar-refractivity contribution in [1.82, 2.24) is 9.55 Å². The van der Waals surface area contributed by atoms with E-state index in [1.54, 1.807) is 6.20 Å². The minimum atomic E-state index is -0.408. The predicted octanol–water partition coefficient (Wildman–Crippen LogP) is 2.01. The minimum Gasteiger partial charge on any atom is -0.383 e. The SMILES string of the molecule is CC[C@H]1O[C@@H](n2cc(CCN=[N+]=[N-])c(N)nc2=O)C[C@@H]1C. The molecule has 0 saturated carbocycles. The Labute approximate surface area is 122 Å². The summed E-state index contributed by atoms with van der Waals surface area (Å²) in [6.45, 7) is 4.46. The number of anilines is 1. The molecule has 0 radical (unpaired) electrons. The molecule has 0 aliphatic carbocycles. The van der Waals surface area contributed by atoms with Gasteiger partial charge in [-0.2, -0.15) is 4.98 Å². The van der Waals surface area contributed by atoms with Crippen LogP contribution in [0, 0.1) is 5.92 Å². The van der Waals surface area contributed by atoms with Gasteiger partial charge in [0.15, 0.2) is 0 Å². The molecular weight excluding hydrogens is 272 g/mol. The second kappa shape index (κ2) is 6.60. The average Bonchev–Trinajstić information content (AvgIpc) is 2.82. The molecule has 8 heteroatoms. The summed E-state index contributed by atoms with van der Waals surface area (Å²) < 4.78 is 7.40. The largest absolute Gasteiger partial charge is 0.383 e. The van der Waals surface area contributed by atoms with E-state index in [0.717, 1.165) is 12.8 Å². The van der Waals surface area contributed by atoms with Crippen LogP contribution < -0.4 is 11.4 Å². The first kappa shape index (κ1) is 15.3. The summed E-state index contributed by atoms with van der Waals surface area (Å²) in [6, 6.07) is 0. The van der Waals surface area contributed by atoms with Crippen LogP contribution in [0.4, 0.5) is 5.82 Å². The Kier molecular flexibility index (Phi) is 4.82. The van der Waals surface area contributed by atoms with Gasteiger partial charge in [0.2, 0.25) is 0 Å².